The molecule has 0 spiro atoms. The fraction of sp³-hybridized carbons (Fsp3) is 0.278. The zero-order valence-corrected chi connectivity index (χ0v) is 14.6. The second-order valence-electron chi connectivity index (χ2n) is 6.12. The Labute approximate surface area is 146 Å². The van der Waals surface area contributed by atoms with Crippen molar-refractivity contribution < 1.29 is 13.5 Å². The van der Waals surface area contributed by atoms with Crippen molar-refractivity contribution in [3.8, 4) is 6.07 Å². The zero-order chi connectivity index (χ0) is 17.5. The fourth-order valence-electron chi connectivity index (χ4n) is 3.26. The van der Waals surface area contributed by atoms with E-state index in [1.807, 2.05) is 13.0 Å². The highest BCUT2D eigenvalue weighted by molar-refractivity contribution is 7.92. The van der Waals surface area contributed by atoms with Crippen LogP contribution in [0.25, 0.3) is 0 Å². The van der Waals surface area contributed by atoms with Gasteiger partial charge in [-0.15, -0.1) is 0 Å². The first-order valence-electron chi connectivity index (χ1n) is 7.45. The molecule has 0 heterocycles. The van der Waals surface area contributed by atoms with Gasteiger partial charge in [0.1, 0.15) is 5.41 Å². The number of benzene rings is 2. The molecular weight excluding hydrogens is 346 g/mol. The van der Waals surface area contributed by atoms with Crippen molar-refractivity contribution in [3.63, 3.8) is 0 Å². The Morgan fingerprint density at radius 2 is 1.92 bits per heavy atom. The first kappa shape index (κ1) is 17.0. The Hall–Kier alpha value is -1.87. The molecule has 3 atom stereocenters. The average Bonchev–Trinajstić information content (AvgIpc) is 3.26. The SMILES string of the molecule is Cc1ccc(S(=O)(=O)[C@@H]2[C@@H](c3cccc(Cl)c3)[C@@]2(C#N)CO)cc1. The lowest BCUT2D eigenvalue weighted by Crippen LogP contribution is -2.18. The maximum absolute atomic E-state index is 13.0. The Bertz CT molecular complexity index is 918. The van der Waals surface area contributed by atoms with E-state index in [2.05, 4.69) is 0 Å². The van der Waals surface area contributed by atoms with Crippen molar-refractivity contribution in [2.75, 3.05) is 6.61 Å². The molecule has 0 amide bonds. The summed E-state index contributed by atoms with van der Waals surface area (Å²) >= 11 is 6.00. The van der Waals surface area contributed by atoms with Crippen LogP contribution >= 0.6 is 11.6 Å². The van der Waals surface area contributed by atoms with Gasteiger partial charge in [0.05, 0.1) is 22.8 Å². The minimum Gasteiger partial charge on any atom is -0.395 e. The first-order chi connectivity index (χ1) is 11.4. The molecular formula is C18H16ClNO3S. The van der Waals surface area contributed by atoms with Crippen molar-refractivity contribution in [3.05, 3.63) is 64.7 Å². The molecule has 0 bridgehead atoms. The number of aliphatic hydroxyl groups is 1. The topological polar surface area (TPSA) is 78.2 Å². The summed E-state index contributed by atoms with van der Waals surface area (Å²) in [7, 11) is -3.75. The van der Waals surface area contributed by atoms with Crippen LogP contribution in [0.4, 0.5) is 0 Å². The lowest BCUT2D eigenvalue weighted by Gasteiger charge is -2.06. The van der Waals surface area contributed by atoms with E-state index in [4.69, 9.17) is 11.6 Å². The summed E-state index contributed by atoms with van der Waals surface area (Å²) in [6.07, 6.45) is 0. The number of aryl methyl sites for hydroxylation is 1. The van der Waals surface area contributed by atoms with Crippen LogP contribution < -0.4 is 0 Å². The predicted molar refractivity (Wildman–Crippen MR) is 91.5 cm³/mol. The van der Waals surface area contributed by atoms with E-state index in [-0.39, 0.29) is 4.90 Å². The highest BCUT2D eigenvalue weighted by atomic mass is 35.5. The van der Waals surface area contributed by atoms with Gasteiger partial charge in [-0.05, 0) is 36.8 Å². The van der Waals surface area contributed by atoms with Crippen LogP contribution in [0.1, 0.15) is 17.0 Å². The molecule has 1 fully saturated rings. The molecule has 0 saturated heterocycles. The van der Waals surface area contributed by atoms with Gasteiger partial charge < -0.3 is 5.11 Å². The predicted octanol–water partition coefficient (Wildman–Crippen LogP) is 3.09. The first-order valence-corrected chi connectivity index (χ1v) is 9.37. The Balaban J connectivity index is 2.08. The standard InChI is InChI=1S/C18H16ClNO3S/c1-12-5-7-15(8-6-12)24(22,23)17-16(18(17,10-20)11-21)13-3-2-4-14(19)9-13/h2-9,16-17,21H,11H2,1H3/t16-,17-,18-/m1/s1. The minimum atomic E-state index is -3.75. The normalized spacial score (nSPS) is 25.9. The summed E-state index contributed by atoms with van der Waals surface area (Å²) in [6, 6.07) is 15.3. The largest absolute Gasteiger partial charge is 0.395 e. The monoisotopic (exact) mass is 361 g/mol. The molecule has 3 rings (SSSR count). The lowest BCUT2D eigenvalue weighted by atomic mass is 10.0. The second-order valence-corrected chi connectivity index (χ2v) is 8.63. The van der Waals surface area contributed by atoms with Crippen LogP contribution in [0.5, 0.6) is 0 Å². The van der Waals surface area contributed by atoms with Gasteiger partial charge in [0, 0.05) is 10.9 Å². The van der Waals surface area contributed by atoms with Gasteiger partial charge in [-0.25, -0.2) is 8.42 Å². The van der Waals surface area contributed by atoms with Crippen LogP contribution in [0.3, 0.4) is 0 Å². The molecule has 1 N–H and O–H groups in total. The van der Waals surface area contributed by atoms with Gasteiger partial charge >= 0.3 is 0 Å². The van der Waals surface area contributed by atoms with E-state index in [9.17, 15) is 18.8 Å². The highest BCUT2D eigenvalue weighted by Gasteiger charge is 2.72. The van der Waals surface area contributed by atoms with Crippen LogP contribution in [-0.4, -0.2) is 25.4 Å². The fourth-order valence-corrected chi connectivity index (χ4v) is 5.78. The molecule has 1 aliphatic carbocycles. The molecule has 0 unspecified atom stereocenters. The molecule has 0 aromatic heterocycles. The van der Waals surface area contributed by atoms with Crippen molar-refractivity contribution in [1.29, 1.82) is 5.26 Å². The van der Waals surface area contributed by atoms with Gasteiger partial charge in [0.25, 0.3) is 0 Å². The van der Waals surface area contributed by atoms with Gasteiger partial charge in [0.2, 0.25) is 0 Å². The second kappa shape index (κ2) is 5.89. The third-order valence-corrected chi connectivity index (χ3v) is 7.14. The van der Waals surface area contributed by atoms with Crippen molar-refractivity contribution in [2.24, 2.45) is 5.41 Å². The van der Waals surface area contributed by atoms with E-state index in [1.165, 1.54) is 12.1 Å². The van der Waals surface area contributed by atoms with Gasteiger partial charge in [-0.1, -0.05) is 41.4 Å². The summed E-state index contributed by atoms with van der Waals surface area (Å²) in [5.41, 5.74) is 0.262. The van der Waals surface area contributed by atoms with Gasteiger partial charge in [-0.2, -0.15) is 5.26 Å². The van der Waals surface area contributed by atoms with Crippen LogP contribution in [0, 0.1) is 23.7 Å². The molecule has 24 heavy (non-hydrogen) atoms. The van der Waals surface area contributed by atoms with Crippen molar-refractivity contribution in [1.82, 2.24) is 0 Å². The molecule has 2 aromatic rings. The smallest absolute Gasteiger partial charge is 0.183 e. The number of nitriles is 1. The number of halogens is 1. The van der Waals surface area contributed by atoms with Gasteiger partial charge in [-0.3, -0.25) is 0 Å². The lowest BCUT2D eigenvalue weighted by molar-refractivity contribution is 0.242. The number of nitrogens with zero attached hydrogens (tertiary/aromatic N) is 1. The molecule has 124 valence electrons. The quantitative estimate of drug-likeness (QED) is 0.907. The third-order valence-electron chi connectivity index (χ3n) is 4.62. The van der Waals surface area contributed by atoms with Crippen molar-refractivity contribution >= 4 is 21.4 Å². The maximum atomic E-state index is 13.0. The number of aliphatic hydroxyl groups excluding tert-OH is 1. The van der Waals surface area contributed by atoms with E-state index >= 15 is 0 Å². The Kier molecular flexibility index (Phi) is 4.16. The summed E-state index contributed by atoms with van der Waals surface area (Å²) in [5.74, 6) is -0.600. The Morgan fingerprint density at radius 1 is 1.25 bits per heavy atom. The molecule has 6 heteroatoms. The molecule has 1 aliphatic rings. The molecule has 4 nitrogen and oxygen atoms in total. The molecule has 0 aliphatic heterocycles. The van der Waals surface area contributed by atoms with Crippen LogP contribution in [-0.2, 0) is 9.84 Å². The summed E-state index contributed by atoms with van der Waals surface area (Å²) < 4.78 is 26.0. The number of rotatable bonds is 4. The van der Waals surface area contributed by atoms with E-state index in [1.54, 1.807) is 36.4 Å². The van der Waals surface area contributed by atoms with Crippen LogP contribution in [0.15, 0.2) is 53.4 Å². The molecule has 0 radical (unpaired) electrons. The van der Waals surface area contributed by atoms with E-state index in [0.717, 1.165) is 5.56 Å². The van der Waals surface area contributed by atoms with E-state index in [0.29, 0.717) is 10.6 Å². The number of hydrogen-bond acceptors (Lipinski definition) is 4. The average molecular weight is 362 g/mol. The highest BCUT2D eigenvalue weighted by Crippen LogP contribution is 2.63. The van der Waals surface area contributed by atoms with Crippen molar-refractivity contribution in [2.45, 2.75) is 23.0 Å². The van der Waals surface area contributed by atoms with Gasteiger partial charge in [0.15, 0.2) is 9.84 Å². The Morgan fingerprint density at radius 3 is 2.46 bits per heavy atom. The molecule has 1 saturated carbocycles. The summed E-state index contributed by atoms with van der Waals surface area (Å²) in [4.78, 5) is 0.163. The summed E-state index contributed by atoms with van der Waals surface area (Å²) in [5, 5.41) is 18.8. The number of sulfone groups is 1. The van der Waals surface area contributed by atoms with Crippen LogP contribution in [0.2, 0.25) is 5.02 Å². The van der Waals surface area contributed by atoms with E-state index < -0.39 is 33.0 Å². The zero-order valence-electron chi connectivity index (χ0n) is 13.0. The minimum absolute atomic E-state index is 0.163. The third kappa shape index (κ3) is 2.51. The maximum Gasteiger partial charge on any atom is 0.183 e. The molecule has 2 aromatic carbocycles. The number of hydrogen-bond donors (Lipinski definition) is 1. The summed E-state index contributed by atoms with van der Waals surface area (Å²) in [6.45, 7) is 1.35.